The molecule has 0 atom stereocenters. The fourth-order valence-electron chi connectivity index (χ4n) is 1.92. The molecule has 0 aliphatic carbocycles. The van der Waals surface area contributed by atoms with Crippen molar-refractivity contribution < 1.29 is 4.79 Å². The number of rotatable bonds is 2. The van der Waals surface area contributed by atoms with Gasteiger partial charge >= 0.3 is 0 Å². The number of carbonyl (C=O) groups is 1. The fraction of sp³-hybridized carbons (Fsp3) is 0.0833. The van der Waals surface area contributed by atoms with Gasteiger partial charge in [-0.3, -0.25) is 4.79 Å². The summed E-state index contributed by atoms with van der Waals surface area (Å²) in [6.45, 7) is 0. The van der Waals surface area contributed by atoms with Crippen LogP contribution in [0.25, 0.3) is 10.8 Å². The normalized spacial score (nSPS) is 15.8. The van der Waals surface area contributed by atoms with Crippen molar-refractivity contribution in [3.63, 3.8) is 0 Å². The molecule has 0 aromatic heterocycles. The third-order valence-corrected chi connectivity index (χ3v) is 3.55. The van der Waals surface area contributed by atoms with Gasteiger partial charge in [-0.25, -0.2) is 10.9 Å². The first-order chi connectivity index (χ1) is 9.24. The molecule has 2 aromatic carbocycles. The van der Waals surface area contributed by atoms with Gasteiger partial charge in [0, 0.05) is 10.0 Å². The van der Waals surface area contributed by atoms with E-state index in [0.717, 1.165) is 15.2 Å². The second kappa shape index (κ2) is 5.24. The highest BCUT2D eigenvalue weighted by Crippen LogP contribution is 2.24. The molecule has 0 unspecified atom stereocenters. The Morgan fingerprint density at radius 2 is 1.95 bits per heavy atom. The summed E-state index contributed by atoms with van der Waals surface area (Å²) >= 11 is 3.49. The molecule has 7 heteroatoms. The van der Waals surface area contributed by atoms with Crippen LogP contribution in [-0.2, 0) is 0 Å². The van der Waals surface area contributed by atoms with Gasteiger partial charge in [-0.15, -0.1) is 0 Å². The standard InChI is InChI=1S/C12H12BrN5O/c13-10-3-1-2-7-6-8(4-5-9(7)10)11(19)14-12-15-17-18-16-12/h1-6,12,15-18H,(H,14,19). The Balaban J connectivity index is 1.86. The highest BCUT2D eigenvalue weighted by atomic mass is 79.9. The Kier molecular flexibility index (Phi) is 3.45. The minimum atomic E-state index is -0.356. The minimum absolute atomic E-state index is 0.155. The van der Waals surface area contributed by atoms with Gasteiger partial charge in [-0.2, -0.15) is 11.1 Å². The maximum Gasteiger partial charge on any atom is 0.253 e. The van der Waals surface area contributed by atoms with Crippen molar-refractivity contribution in [3.8, 4) is 0 Å². The van der Waals surface area contributed by atoms with Gasteiger partial charge in [-0.1, -0.05) is 34.1 Å². The molecule has 2 aromatic rings. The molecule has 1 fully saturated rings. The largest absolute Gasteiger partial charge is 0.322 e. The van der Waals surface area contributed by atoms with Gasteiger partial charge < -0.3 is 5.32 Å². The number of hydrazine groups is 3. The average Bonchev–Trinajstić information content (AvgIpc) is 2.91. The lowest BCUT2D eigenvalue weighted by Gasteiger charge is -2.11. The Morgan fingerprint density at radius 1 is 1.16 bits per heavy atom. The van der Waals surface area contributed by atoms with Crippen molar-refractivity contribution in [1.82, 2.24) is 27.2 Å². The van der Waals surface area contributed by atoms with Crippen molar-refractivity contribution in [2.24, 2.45) is 0 Å². The van der Waals surface area contributed by atoms with Gasteiger partial charge in [0.1, 0.15) is 0 Å². The predicted molar refractivity (Wildman–Crippen MR) is 75.4 cm³/mol. The summed E-state index contributed by atoms with van der Waals surface area (Å²) in [5.74, 6) is -0.155. The summed E-state index contributed by atoms with van der Waals surface area (Å²) in [6, 6.07) is 11.5. The lowest BCUT2D eigenvalue weighted by Crippen LogP contribution is -2.49. The molecule has 1 aliphatic rings. The Labute approximate surface area is 118 Å². The Hall–Kier alpha value is -1.51. The van der Waals surface area contributed by atoms with Gasteiger partial charge in [0.25, 0.3) is 5.91 Å². The Bertz CT molecular complexity index is 627. The Morgan fingerprint density at radius 3 is 2.74 bits per heavy atom. The zero-order valence-corrected chi connectivity index (χ0v) is 11.4. The third kappa shape index (κ3) is 2.60. The second-order valence-electron chi connectivity index (χ2n) is 4.12. The molecule has 0 spiro atoms. The van der Waals surface area contributed by atoms with Crippen LogP contribution in [-0.4, -0.2) is 12.2 Å². The van der Waals surface area contributed by atoms with Gasteiger partial charge in [0.05, 0.1) is 0 Å². The quantitative estimate of drug-likeness (QED) is 0.564. The van der Waals surface area contributed by atoms with E-state index in [4.69, 9.17) is 0 Å². The number of hydrogen-bond donors (Lipinski definition) is 5. The molecule has 0 saturated carbocycles. The molecule has 1 heterocycles. The van der Waals surface area contributed by atoms with E-state index in [1.54, 1.807) is 6.07 Å². The molecule has 1 amide bonds. The monoisotopic (exact) mass is 321 g/mol. The van der Waals surface area contributed by atoms with Crippen molar-refractivity contribution in [3.05, 3.63) is 46.4 Å². The molecule has 0 bridgehead atoms. The van der Waals surface area contributed by atoms with E-state index in [2.05, 4.69) is 43.2 Å². The van der Waals surface area contributed by atoms with Crippen LogP contribution in [0.2, 0.25) is 0 Å². The number of halogens is 1. The van der Waals surface area contributed by atoms with E-state index in [1.807, 2.05) is 30.3 Å². The first-order valence-electron chi connectivity index (χ1n) is 5.74. The number of fused-ring (bicyclic) bond motifs is 1. The molecule has 5 N–H and O–H groups in total. The molecule has 98 valence electrons. The first kappa shape index (κ1) is 12.5. The van der Waals surface area contributed by atoms with Crippen molar-refractivity contribution >= 4 is 32.6 Å². The number of nitrogens with one attached hydrogen (secondary N) is 5. The third-order valence-electron chi connectivity index (χ3n) is 2.86. The fourth-order valence-corrected chi connectivity index (χ4v) is 2.44. The maximum absolute atomic E-state index is 12.1. The summed E-state index contributed by atoms with van der Waals surface area (Å²) in [5, 5.41) is 4.88. The average molecular weight is 322 g/mol. The van der Waals surface area contributed by atoms with Crippen LogP contribution in [0.3, 0.4) is 0 Å². The molecule has 19 heavy (non-hydrogen) atoms. The summed E-state index contributed by atoms with van der Waals surface area (Å²) in [5.41, 5.74) is 11.5. The van der Waals surface area contributed by atoms with Crippen LogP contribution in [0, 0.1) is 0 Å². The van der Waals surface area contributed by atoms with Crippen LogP contribution in [0.15, 0.2) is 40.9 Å². The van der Waals surface area contributed by atoms with Crippen LogP contribution < -0.4 is 27.2 Å². The lowest BCUT2D eigenvalue weighted by atomic mass is 10.1. The highest BCUT2D eigenvalue weighted by Gasteiger charge is 2.16. The topological polar surface area (TPSA) is 77.2 Å². The number of carbonyl (C=O) groups excluding carboxylic acids is 1. The summed E-state index contributed by atoms with van der Waals surface area (Å²) < 4.78 is 1.02. The molecule has 3 rings (SSSR count). The van der Waals surface area contributed by atoms with Crippen LogP contribution in [0.1, 0.15) is 10.4 Å². The van der Waals surface area contributed by atoms with Crippen molar-refractivity contribution in [1.29, 1.82) is 0 Å². The number of hydrogen-bond acceptors (Lipinski definition) is 5. The summed E-state index contributed by atoms with van der Waals surface area (Å²) in [7, 11) is 0. The van der Waals surface area contributed by atoms with E-state index < -0.39 is 0 Å². The van der Waals surface area contributed by atoms with Gasteiger partial charge in [-0.05, 0) is 29.0 Å². The first-order valence-corrected chi connectivity index (χ1v) is 6.53. The van der Waals surface area contributed by atoms with E-state index >= 15 is 0 Å². The molecular weight excluding hydrogens is 310 g/mol. The molecular formula is C12H12BrN5O. The highest BCUT2D eigenvalue weighted by molar-refractivity contribution is 9.10. The lowest BCUT2D eigenvalue weighted by molar-refractivity contribution is 0.0927. The zero-order valence-electron chi connectivity index (χ0n) is 9.83. The molecule has 1 aliphatic heterocycles. The molecule has 0 radical (unpaired) electrons. The van der Waals surface area contributed by atoms with Gasteiger partial charge in [0.15, 0.2) is 6.29 Å². The summed E-state index contributed by atoms with van der Waals surface area (Å²) in [4.78, 5) is 12.1. The van der Waals surface area contributed by atoms with Crippen LogP contribution >= 0.6 is 15.9 Å². The van der Waals surface area contributed by atoms with E-state index in [9.17, 15) is 4.79 Å². The smallest absolute Gasteiger partial charge is 0.253 e. The zero-order chi connectivity index (χ0) is 13.2. The minimum Gasteiger partial charge on any atom is -0.322 e. The number of amides is 1. The predicted octanol–water partition coefficient (Wildman–Crippen LogP) is 0.733. The van der Waals surface area contributed by atoms with E-state index in [1.165, 1.54) is 0 Å². The SMILES string of the molecule is O=C(NC1NNNN1)c1ccc2c(Br)cccc2c1. The van der Waals surface area contributed by atoms with Crippen molar-refractivity contribution in [2.45, 2.75) is 6.29 Å². The van der Waals surface area contributed by atoms with Crippen molar-refractivity contribution in [2.75, 3.05) is 0 Å². The van der Waals surface area contributed by atoms with Crippen LogP contribution in [0.5, 0.6) is 0 Å². The number of benzene rings is 2. The van der Waals surface area contributed by atoms with Gasteiger partial charge in [0.2, 0.25) is 0 Å². The summed E-state index contributed by atoms with van der Waals surface area (Å²) in [6.07, 6.45) is -0.356. The molecule has 1 saturated heterocycles. The van der Waals surface area contributed by atoms with Crippen LogP contribution in [0.4, 0.5) is 0 Å². The molecule has 6 nitrogen and oxygen atoms in total. The second-order valence-corrected chi connectivity index (χ2v) is 4.98. The van der Waals surface area contributed by atoms with E-state index in [-0.39, 0.29) is 12.2 Å². The maximum atomic E-state index is 12.1. The van der Waals surface area contributed by atoms with E-state index in [0.29, 0.717) is 5.56 Å².